The number of methoxy groups -OCH3 is 1. The molecule has 0 radical (unpaired) electrons. The zero-order chi connectivity index (χ0) is 22.5. The van der Waals surface area contributed by atoms with Gasteiger partial charge < -0.3 is 19.5 Å². The first-order valence-corrected chi connectivity index (χ1v) is 11.3. The van der Waals surface area contributed by atoms with Crippen LogP contribution >= 0.6 is 11.3 Å². The Kier molecular flexibility index (Phi) is 7.51. The predicted octanol–water partition coefficient (Wildman–Crippen LogP) is 4.55. The minimum atomic E-state index is -0.659. The Hall–Kier alpha value is -2.64. The molecule has 1 aliphatic heterocycles. The SMILES string of the molecule is COCCCN1C(=O)C(=O)/C(=C(\O)c2ccc(OCC(C)C)cc2)C1c1sccc1C. The summed E-state index contributed by atoms with van der Waals surface area (Å²) in [7, 11) is 1.60. The van der Waals surface area contributed by atoms with E-state index in [1.54, 1.807) is 36.3 Å². The molecule has 1 fully saturated rings. The van der Waals surface area contributed by atoms with Crippen molar-refractivity contribution in [3.63, 3.8) is 0 Å². The highest BCUT2D eigenvalue weighted by Gasteiger charge is 2.46. The van der Waals surface area contributed by atoms with E-state index in [2.05, 4.69) is 13.8 Å². The zero-order valence-electron chi connectivity index (χ0n) is 18.4. The maximum atomic E-state index is 13.0. The first-order valence-electron chi connectivity index (χ1n) is 10.4. The first kappa shape index (κ1) is 23.0. The lowest BCUT2D eigenvalue weighted by atomic mass is 9.98. The lowest BCUT2D eigenvalue weighted by Gasteiger charge is -2.24. The molecule has 0 spiro atoms. The summed E-state index contributed by atoms with van der Waals surface area (Å²) in [5, 5.41) is 13.0. The molecule has 1 amide bonds. The fourth-order valence-corrected chi connectivity index (χ4v) is 4.60. The summed E-state index contributed by atoms with van der Waals surface area (Å²) in [5.74, 6) is -0.326. The van der Waals surface area contributed by atoms with Crippen molar-refractivity contribution in [2.75, 3.05) is 26.9 Å². The first-order chi connectivity index (χ1) is 14.8. The number of carbonyl (C=O) groups is 2. The van der Waals surface area contributed by atoms with Gasteiger partial charge in [-0.2, -0.15) is 0 Å². The number of aliphatic hydroxyl groups excluding tert-OH is 1. The molecule has 3 rings (SSSR count). The van der Waals surface area contributed by atoms with Crippen molar-refractivity contribution in [1.29, 1.82) is 0 Å². The van der Waals surface area contributed by atoms with Crippen LogP contribution in [0.4, 0.5) is 0 Å². The minimum absolute atomic E-state index is 0.129. The number of thiophene rings is 1. The van der Waals surface area contributed by atoms with Crippen molar-refractivity contribution in [2.24, 2.45) is 5.92 Å². The second-order valence-electron chi connectivity index (χ2n) is 8.04. The van der Waals surface area contributed by atoms with Gasteiger partial charge in [0.05, 0.1) is 18.2 Å². The van der Waals surface area contributed by atoms with Crippen LogP contribution in [0.15, 0.2) is 41.3 Å². The van der Waals surface area contributed by atoms with Gasteiger partial charge in [-0.25, -0.2) is 0 Å². The fourth-order valence-electron chi connectivity index (χ4n) is 3.55. The molecule has 1 aromatic heterocycles. The molecule has 2 aromatic rings. The summed E-state index contributed by atoms with van der Waals surface area (Å²) in [5.41, 5.74) is 1.59. The van der Waals surface area contributed by atoms with E-state index in [0.717, 1.165) is 10.4 Å². The van der Waals surface area contributed by atoms with Crippen LogP contribution in [0.1, 0.15) is 42.3 Å². The number of aliphatic hydroxyl groups is 1. The number of hydrogen-bond donors (Lipinski definition) is 1. The Bertz CT molecular complexity index is 961. The molecule has 0 saturated carbocycles. The number of ketones is 1. The summed E-state index contributed by atoms with van der Waals surface area (Å²) >= 11 is 1.48. The van der Waals surface area contributed by atoms with Gasteiger partial charge in [0.2, 0.25) is 0 Å². The van der Waals surface area contributed by atoms with Crippen LogP contribution in [0.2, 0.25) is 0 Å². The number of ether oxygens (including phenoxy) is 2. The summed E-state index contributed by atoms with van der Waals surface area (Å²) in [6.07, 6.45) is 0.604. The third-order valence-electron chi connectivity index (χ3n) is 5.15. The quantitative estimate of drug-likeness (QED) is 0.266. The van der Waals surface area contributed by atoms with E-state index in [9.17, 15) is 14.7 Å². The van der Waals surface area contributed by atoms with Gasteiger partial charge in [0.15, 0.2) is 0 Å². The molecule has 1 aromatic carbocycles. The Morgan fingerprint density at radius 2 is 1.90 bits per heavy atom. The fraction of sp³-hybridized carbons (Fsp3) is 0.417. The number of carbonyl (C=O) groups excluding carboxylic acids is 2. The molecule has 166 valence electrons. The highest BCUT2D eigenvalue weighted by Crippen LogP contribution is 2.42. The minimum Gasteiger partial charge on any atom is -0.507 e. The van der Waals surface area contributed by atoms with Gasteiger partial charge in [0, 0.05) is 30.7 Å². The van der Waals surface area contributed by atoms with E-state index in [1.807, 2.05) is 18.4 Å². The maximum Gasteiger partial charge on any atom is 0.295 e. The number of likely N-dealkylation sites (tertiary alicyclic amines) is 1. The molecule has 7 heteroatoms. The smallest absolute Gasteiger partial charge is 0.295 e. The number of amides is 1. The molecule has 0 aliphatic carbocycles. The highest BCUT2D eigenvalue weighted by atomic mass is 32.1. The molecule has 0 bridgehead atoms. The maximum absolute atomic E-state index is 13.0. The average Bonchev–Trinajstić information content (AvgIpc) is 3.28. The Morgan fingerprint density at radius 3 is 2.48 bits per heavy atom. The lowest BCUT2D eigenvalue weighted by Crippen LogP contribution is -2.31. The second-order valence-corrected chi connectivity index (χ2v) is 8.98. The van der Waals surface area contributed by atoms with E-state index in [0.29, 0.717) is 43.4 Å². The van der Waals surface area contributed by atoms with E-state index < -0.39 is 17.7 Å². The zero-order valence-corrected chi connectivity index (χ0v) is 19.2. The van der Waals surface area contributed by atoms with Gasteiger partial charge in [0.25, 0.3) is 11.7 Å². The van der Waals surface area contributed by atoms with Crippen molar-refractivity contribution < 1.29 is 24.2 Å². The molecule has 1 N–H and O–H groups in total. The Balaban J connectivity index is 1.99. The molecular formula is C24H29NO5S. The largest absolute Gasteiger partial charge is 0.507 e. The van der Waals surface area contributed by atoms with Crippen LogP contribution < -0.4 is 4.74 Å². The van der Waals surface area contributed by atoms with Crippen LogP contribution in [-0.2, 0) is 14.3 Å². The molecule has 1 aliphatic rings. The van der Waals surface area contributed by atoms with E-state index >= 15 is 0 Å². The van der Waals surface area contributed by atoms with Gasteiger partial charge >= 0.3 is 0 Å². The standard InChI is InChI=1S/C24H29NO5S/c1-15(2)14-30-18-8-6-17(7-9-18)21(26)19-20(23-16(3)10-13-31-23)25(11-5-12-29-4)24(28)22(19)27/h6-10,13,15,20,26H,5,11-12,14H2,1-4H3/b21-19-. The van der Waals surface area contributed by atoms with Crippen molar-refractivity contribution >= 4 is 28.8 Å². The molecule has 1 atom stereocenters. The van der Waals surface area contributed by atoms with E-state index in [1.165, 1.54) is 11.3 Å². The second kappa shape index (κ2) is 10.1. The monoisotopic (exact) mass is 443 g/mol. The third-order valence-corrected chi connectivity index (χ3v) is 6.22. The molecule has 1 saturated heterocycles. The summed E-state index contributed by atoms with van der Waals surface area (Å²) in [6, 6.07) is 8.29. The number of Topliss-reactive ketones (excluding diaryl/α,β-unsaturated/α-hetero) is 1. The predicted molar refractivity (Wildman–Crippen MR) is 121 cm³/mol. The van der Waals surface area contributed by atoms with Crippen molar-refractivity contribution in [1.82, 2.24) is 4.90 Å². The molecule has 31 heavy (non-hydrogen) atoms. The average molecular weight is 444 g/mol. The Morgan fingerprint density at radius 1 is 1.19 bits per heavy atom. The number of hydrogen-bond acceptors (Lipinski definition) is 6. The highest BCUT2D eigenvalue weighted by molar-refractivity contribution is 7.10. The number of benzene rings is 1. The number of rotatable bonds is 9. The van der Waals surface area contributed by atoms with Crippen LogP contribution in [0.25, 0.3) is 5.76 Å². The van der Waals surface area contributed by atoms with Crippen LogP contribution in [0.5, 0.6) is 5.75 Å². The van der Waals surface area contributed by atoms with Crippen LogP contribution in [0.3, 0.4) is 0 Å². The molecule has 6 nitrogen and oxygen atoms in total. The Labute approximate surface area is 187 Å². The van der Waals surface area contributed by atoms with Crippen molar-refractivity contribution in [3.8, 4) is 5.75 Å². The normalized spacial score (nSPS) is 18.2. The van der Waals surface area contributed by atoms with Gasteiger partial charge in [-0.3, -0.25) is 9.59 Å². The topological polar surface area (TPSA) is 76.1 Å². The van der Waals surface area contributed by atoms with Gasteiger partial charge in [0.1, 0.15) is 11.5 Å². The van der Waals surface area contributed by atoms with Gasteiger partial charge in [-0.15, -0.1) is 11.3 Å². The number of nitrogens with zero attached hydrogens (tertiary/aromatic N) is 1. The molecular weight excluding hydrogens is 414 g/mol. The van der Waals surface area contributed by atoms with E-state index in [4.69, 9.17) is 9.47 Å². The van der Waals surface area contributed by atoms with Gasteiger partial charge in [-0.05, 0) is 60.5 Å². The van der Waals surface area contributed by atoms with Crippen molar-refractivity contribution in [2.45, 2.75) is 33.2 Å². The lowest BCUT2D eigenvalue weighted by molar-refractivity contribution is -0.140. The summed E-state index contributed by atoms with van der Waals surface area (Å²) < 4.78 is 10.8. The third kappa shape index (κ3) is 4.99. The van der Waals surface area contributed by atoms with Crippen molar-refractivity contribution in [3.05, 3.63) is 57.3 Å². The molecule has 1 unspecified atom stereocenters. The van der Waals surface area contributed by atoms with E-state index in [-0.39, 0.29) is 11.3 Å². The van der Waals surface area contributed by atoms with Crippen LogP contribution in [-0.4, -0.2) is 48.6 Å². The number of aryl methyl sites for hydroxylation is 1. The summed E-state index contributed by atoms with van der Waals surface area (Å²) in [6.45, 7) is 7.53. The summed E-state index contributed by atoms with van der Waals surface area (Å²) in [4.78, 5) is 28.2. The van der Waals surface area contributed by atoms with Crippen LogP contribution in [0, 0.1) is 12.8 Å². The molecule has 2 heterocycles. The van der Waals surface area contributed by atoms with Gasteiger partial charge in [-0.1, -0.05) is 13.8 Å².